The molecular weight excluding hydrogens is 402 g/mol. The molecular formula is C22H23N3O2S2. The van der Waals surface area contributed by atoms with E-state index in [0.717, 1.165) is 22.6 Å². The molecule has 0 bridgehead atoms. The molecule has 1 atom stereocenters. The maximum Gasteiger partial charge on any atom is 0.251 e. The average Bonchev–Trinajstić information content (AvgIpc) is 3.20. The quantitative estimate of drug-likeness (QED) is 0.553. The highest BCUT2D eigenvalue weighted by atomic mass is 32.2. The van der Waals surface area contributed by atoms with Crippen molar-refractivity contribution in [2.24, 2.45) is 0 Å². The van der Waals surface area contributed by atoms with Crippen LogP contribution in [0, 0.1) is 6.92 Å². The summed E-state index contributed by atoms with van der Waals surface area (Å²) >= 11 is 3.01. The number of aromatic nitrogens is 1. The molecule has 0 aliphatic carbocycles. The first-order valence-electron chi connectivity index (χ1n) is 9.25. The number of carbonyl (C=O) groups is 2. The molecule has 0 fully saturated rings. The summed E-state index contributed by atoms with van der Waals surface area (Å²) in [5, 5.41) is 8.14. The highest BCUT2D eigenvalue weighted by Crippen LogP contribution is 2.24. The molecule has 0 saturated heterocycles. The molecule has 7 heteroatoms. The number of carbonyl (C=O) groups excluding carboxylic acids is 2. The largest absolute Gasteiger partial charge is 0.340 e. The van der Waals surface area contributed by atoms with Gasteiger partial charge in [-0.25, -0.2) is 4.98 Å². The lowest BCUT2D eigenvalue weighted by Gasteiger charge is -2.17. The summed E-state index contributed by atoms with van der Waals surface area (Å²) in [4.78, 5) is 29.9. The fourth-order valence-corrected chi connectivity index (χ4v) is 3.91. The molecule has 3 rings (SSSR count). The zero-order valence-electron chi connectivity index (χ0n) is 16.3. The van der Waals surface area contributed by atoms with Gasteiger partial charge in [0.2, 0.25) is 5.91 Å². The number of thiazole rings is 1. The van der Waals surface area contributed by atoms with E-state index in [2.05, 4.69) is 15.6 Å². The van der Waals surface area contributed by atoms with E-state index in [-0.39, 0.29) is 11.8 Å². The van der Waals surface area contributed by atoms with Gasteiger partial charge in [0, 0.05) is 16.5 Å². The molecule has 0 radical (unpaired) electrons. The minimum absolute atomic E-state index is 0.254. The molecule has 1 aromatic heterocycles. The van der Waals surface area contributed by atoms with E-state index in [1.54, 1.807) is 23.9 Å². The molecule has 0 saturated carbocycles. The Morgan fingerprint density at radius 2 is 1.83 bits per heavy atom. The number of hydrogen-bond donors (Lipinski definition) is 2. The summed E-state index contributed by atoms with van der Waals surface area (Å²) in [6.07, 6.45) is 2.52. The van der Waals surface area contributed by atoms with Gasteiger partial charge < -0.3 is 10.6 Å². The Kier molecular flexibility index (Phi) is 7.43. The van der Waals surface area contributed by atoms with E-state index < -0.39 is 6.04 Å². The van der Waals surface area contributed by atoms with Crippen molar-refractivity contribution in [2.75, 3.05) is 17.3 Å². The van der Waals surface area contributed by atoms with Crippen LogP contribution >= 0.6 is 23.1 Å². The van der Waals surface area contributed by atoms with Crippen LogP contribution in [-0.2, 0) is 4.79 Å². The molecule has 1 heterocycles. The predicted octanol–water partition coefficient (Wildman–Crippen LogP) is 4.61. The molecule has 2 aromatic carbocycles. The van der Waals surface area contributed by atoms with E-state index in [4.69, 9.17) is 0 Å². The second-order valence-corrected chi connectivity index (χ2v) is 8.41. The number of rotatable bonds is 8. The van der Waals surface area contributed by atoms with Crippen LogP contribution in [0.4, 0.5) is 5.13 Å². The highest BCUT2D eigenvalue weighted by molar-refractivity contribution is 7.98. The second-order valence-electron chi connectivity index (χ2n) is 6.57. The number of amides is 2. The third-order valence-corrected chi connectivity index (χ3v) is 5.75. The normalized spacial score (nSPS) is 11.7. The third kappa shape index (κ3) is 5.92. The highest BCUT2D eigenvalue weighted by Gasteiger charge is 2.22. The summed E-state index contributed by atoms with van der Waals surface area (Å²) in [5.41, 5.74) is 3.43. The van der Waals surface area contributed by atoms with Crippen LogP contribution in [0.25, 0.3) is 11.3 Å². The molecule has 150 valence electrons. The lowest BCUT2D eigenvalue weighted by atomic mass is 10.1. The van der Waals surface area contributed by atoms with Crippen molar-refractivity contribution in [3.8, 4) is 11.3 Å². The first-order chi connectivity index (χ1) is 14.1. The van der Waals surface area contributed by atoms with Crippen molar-refractivity contribution in [3.05, 3.63) is 71.1 Å². The lowest BCUT2D eigenvalue weighted by molar-refractivity contribution is -0.118. The summed E-state index contributed by atoms with van der Waals surface area (Å²) in [6.45, 7) is 1.97. The first-order valence-corrected chi connectivity index (χ1v) is 11.5. The summed E-state index contributed by atoms with van der Waals surface area (Å²) in [6, 6.07) is 16.5. The van der Waals surface area contributed by atoms with Crippen molar-refractivity contribution in [1.82, 2.24) is 10.3 Å². The van der Waals surface area contributed by atoms with Crippen LogP contribution in [0.5, 0.6) is 0 Å². The topological polar surface area (TPSA) is 71.1 Å². The fourth-order valence-electron chi connectivity index (χ4n) is 2.72. The minimum Gasteiger partial charge on any atom is -0.340 e. The molecule has 0 spiro atoms. The minimum atomic E-state index is -0.625. The zero-order chi connectivity index (χ0) is 20.6. The Bertz CT molecular complexity index is 956. The van der Waals surface area contributed by atoms with Gasteiger partial charge in [-0.2, -0.15) is 11.8 Å². The molecule has 2 amide bonds. The summed E-state index contributed by atoms with van der Waals surface area (Å²) in [5.74, 6) is 0.253. The van der Waals surface area contributed by atoms with Gasteiger partial charge in [0.1, 0.15) is 6.04 Å². The van der Waals surface area contributed by atoms with Crippen molar-refractivity contribution in [3.63, 3.8) is 0 Å². The molecule has 2 N–H and O–H groups in total. The van der Waals surface area contributed by atoms with Crippen LogP contribution in [0.3, 0.4) is 0 Å². The predicted molar refractivity (Wildman–Crippen MR) is 122 cm³/mol. The van der Waals surface area contributed by atoms with Crippen molar-refractivity contribution >= 4 is 40.0 Å². The Labute approximate surface area is 179 Å². The maximum absolute atomic E-state index is 12.8. The van der Waals surface area contributed by atoms with Gasteiger partial charge in [0.05, 0.1) is 5.69 Å². The second kappa shape index (κ2) is 10.2. The van der Waals surface area contributed by atoms with Gasteiger partial charge in [-0.15, -0.1) is 11.3 Å². The number of benzene rings is 2. The van der Waals surface area contributed by atoms with Crippen LogP contribution in [0.2, 0.25) is 0 Å². The van der Waals surface area contributed by atoms with E-state index in [1.165, 1.54) is 11.3 Å². The first kappa shape index (κ1) is 21.1. The Morgan fingerprint density at radius 1 is 1.10 bits per heavy atom. The molecule has 3 aromatic rings. The Morgan fingerprint density at radius 3 is 2.52 bits per heavy atom. The van der Waals surface area contributed by atoms with Gasteiger partial charge >= 0.3 is 0 Å². The van der Waals surface area contributed by atoms with E-state index in [0.29, 0.717) is 17.1 Å². The van der Waals surface area contributed by atoms with Gasteiger partial charge in [-0.05, 0) is 37.5 Å². The van der Waals surface area contributed by atoms with Crippen LogP contribution in [-0.4, -0.2) is 34.8 Å². The van der Waals surface area contributed by atoms with Gasteiger partial charge in [-0.1, -0.05) is 48.0 Å². The van der Waals surface area contributed by atoms with Crippen molar-refractivity contribution < 1.29 is 9.59 Å². The Balaban J connectivity index is 1.68. The standard InChI is InChI=1S/C22H23N3O2S2/c1-15-8-10-17(11-9-15)20(26)23-18(12-13-28-2)21(27)25-22-24-19(14-29-22)16-6-4-3-5-7-16/h3-11,14,18H,12-13H2,1-2H3,(H,23,26)(H,24,25,27). The van der Waals surface area contributed by atoms with Crippen LogP contribution < -0.4 is 10.6 Å². The average molecular weight is 426 g/mol. The zero-order valence-corrected chi connectivity index (χ0v) is 18.0. The summed E-state index contributed by atoms with van der Waals surface area (Å²) < 4.78 is 0. The van der Waals surface area contributed by atoms with Crippen molar-refractivity contribution in [2.45, 2.75) is 19.4 Å². The number of nitrogens with zero attached hydrogens (tertiary/aromatic N) is 1. The van der Waals surface area contributed by atoms with Crippen molar-refractivity contribution in [1.29, 1.82) is 0 Å². The molecule has 5 nitrogen and oxygen atoms in total. The number of anilines is 1. The van der Waals surface area contributed by atoms with E-state index in [9.17, 15) is 9.59 Å². The van der Waals surface area contributed by atoms with E-state index in [1.807, 2.05) is 61.0 Å². The fraction of sp³-hybridized carbons (Fsp3) is 0.227. The summed E-state index contributed by atoms with van der Waals surface area (Å²) in [7, 11) is 0. The van der Waals surface area contributed by atoms with E-state index >= 15 is 0 Å². The SMILES string of the molecule is CSCCC(NC(=O)c1ccc(C)cc1)C(=O)Nc1nc(-c2ccccc2)cs1. The smallest absolute Gasteiger partial charge is 0.251 e. The van der Waals surface area contributed by atoms with Gasteiger partial charge in [-0.3, -0.25) is 9.59 Å². The number of nitrogens with one attached hydrogen (secondary N) is 2. The van der Waals surface area contributed by atoms with Crippen LogP contribution in [0.1, 0.15) is 22.3 Å². The number of hydrogen-bond acceptors (Lipinski definition) is 5. The number of thioether (sulfide) groups is 1. The molecule has 0 aliphatic rings. The number of aryl methyl sites for hydroxylation is 1. The maximum atomic E-state index is 12.8. The monoisotopic (exact) mass is 425 g/mol. The molecule has 29 heavy (non-hydrogen) atoms. The van der Waals surface area contributed by atoms with Gasteiger partial charge in [0.15, 0.2) is 5.13 Å². The third-order valence-electron chi connectivity index (χ3n) is 4.35. The van der Waals surface area contributed by atoms with Gasteiger partial charge in [0.25, 0.3) is 5.91 Å². The molecule has 0 aliphatic heterocycles. The molecule has 1 unspecified atom stereocenters. The lowest BCUT2D eigenvalue weighted by Crippen LogP contribution is -2.44. The van der Waals surface area contributed by atoms with Crippen LogP contribution in [0.15, 0.2) is 60.0 Å². The Hall–Kier alpha value is -2.64.